The largest absolute Gasteiger partial charge is 0.347 e. The van der Waals surface area contributed by atoms with Gasteiger partial charge in [-0.05, 0) is 48.4 Å². The number of anilines is 1. The van der Waals surface area contributed by atoms with E-state index in [9.17, 15) is 9.59 Å². The zero-order chi connectivity index (χ0) is 18.4. The summed E-state index contributed by atoms with van der Waals surface area (Å²) in [5.41, 5.74) is 3.19. The molecule has 3 rings (SSSR count). The topological polar surface area (TPSA) is 84.0 Å². The number of nitrogens with zero attached hydrogens (tertiary/aromatic N) is 2. The van der Waals surface area contributed by atoms with E-state index in [0.29, 0.717) is 12.1 Å². The molecule has 0 saturated carbocycles. The Kier molecular flexibility index (Phi) is 5.34. The van der Waals surface area contributed by atoms with Crippen LogP contribution < -0.4 is 10.6 Å². The fourth-order valence-electron chi connectivity index (χ4n) is 2.38. The Morgan fingerprint density at radius 3 is 2.50 bits per heavy atom. The molecule has 2 N–H and O–H groups in total. The van der Waals surface area contributed by atoms with Gasteiger partial charge in [0.2, 0.25) is 0 Å². The van der Waals surface area contributed by atoms with Crippen molar-refractivity contribution < 1.29 is 9.59 Å². The predicted molar refractivity (Wildman–Crippen MR) is 98.8 cm³/mol. The van der Waals surface area contributed by atoms with Crippen molar-refractivity contribution in [1.29, 1.82) is 0 Å². The monoisotopic (exact) mass is 346 g/mol. The number of nitrogens with one attached hydrogen (secondary N) is 2. The summed E-state index contributed by atoms with van der Waals surface area (Å²) in [6.45, 7) is 2.28. The van der Waals surface area contributed by atoms with Crippen LogP contribution in [0, 0.1) is 6.92 Å². The number of amides is 2. The van der Waals surface area contributed by atoms with Crippen molar-refractivity contribution in [3.8, 4) is 0 Å². The first-order valence-corrected chi connectivity index (χ1v) is 8.13. The van der Waals surface area contributed by atoms with Gasteiger partial charge in [0.1, 0.15) is 5.69 Å². The number of pyridine rings is 2. The quantitative estimate of drug-likeness (QED) is 0.744. The van der Waals surface area contributed by atoms with Gasteiger partial charge in [0, 0.05) is 36.4 Å². The highest BCUT2D eigenvalue weighted by Gasteiger charge is 2.12. The maximum atomic E-state index is 12.4. The Labute approximate surface area is 151 Å². The van der Waals surface area contributed by atoms with E-state index in [2.05, 4.69) is 20.6 Å². The van der Waals surface area contributed by atoms with Crippen LogP contribution in [0.3, 0.4) is 0 Å². The Balaban J connectivity index is 1.68. The van der Waals surface area contributed by atoms with E-state index < -0.39 is 0 Å². The molecule has 3 aromatic rings. The molecule has 0 spiro atoms. The van der Waals surface area contributed by atoms with Crippen molar-refractivity contribution in [2.45, 2.75) is 13.5 Å². The average Bonchev–Trinajstić information content (AvgIpc) is 2.69. The van der Waals surface area contributed by atoms with E-state index >= 15 is 0 Å². The first-order valence-electron chi connectivity index (χ1n) is 8.13. The Morgan fingerprint density at radius 2 is 1.73 bits per heavy atom. The molecule has 2 aromatic heterocycles. The molecule has 0 radical (unpaired) electrons. The lowest BCUT2D eigenvalue weighted by molar-refractivity contribution is 0.0946. The molecule has 2 heterocycles. The number of rotatable bonds is 5. The van der Waals surface area contributed by atoms with E-state index in [-0.39, 0.29) is 17.5 Å². The maximum absolute atomic E-state index is 12.4. The molecule has 0 saturated heterocycles. The summed E-state index contributed by atoms with van der Waals surface area (Å²) in [4.78, 5) is 32.7. The Hall–Kier alpha value is -3.54. The number of carbonyl (C=O) groups is 2. The number of benzene rings is 1. The van der Waals surface area contributed by atoms with Gasteiger partial charge in [-0.1, -0.05) is 18.2 Å². The summed E-state index contributed by atoms with van der Waals surface area (Å²) < 4.78 is 0. The molecule has 0 aliphatic rings. The van der Waals surface area contributed by atoms with Crippen molar-refractivity contribution in [3.63, 3.8) is 0 Å². The maximum Gasteiger partial charge on any atom is 0.270 e. The number of aromatic nitrogens is 2. The van der Waals surface area contributed by atoms with Crippen molar-refractivity contribution in [3.05, 3.63) is 89.5 Å². The zero-order valence-corrected chi connectivity index (χ0v) is 14.3. The van der Waals surface area contributed by atoms with E-state index in [0.717, 1.165) is 16.8 Å². The van der Waals surface area contributed by atoms with Crippen LogP contribution in [0.1, 0.15) is 32.0 Å². The second kappa shape index (κ2) is 8.02. The molecule has 26 heavy (non-hydrogen) atoms. The van der Waals surface area contributed by atoms with Crippen LogP contribution in [0.2, 0.25) is 0 Å². The summed E-state index contributed by atoms with van der Waals surface area (Å²) in [5, 5.41) is 5.62. The second-order valence-corrected chi connectivity index (χ2v) is 5.74. The van der Waals surface area contributed by atoms with Crippen molar-refractivity contribution >= 4 is 17.5 Å². The number of carbonyl (C=O) groups excluding carboxylic acids is 2. The van der Waals surface area contributed by atoms with Crippen LogP contribution in [0.5, 0.6) is 0 Å². The Morgan fingerprint density at radius 1 is 0.962 bits per heavy atom. The minimum absolute atomic E-state index is 0.191. The minimum atomic E-state index is -0.340. The number of hydrogen-bond acceptors (Lipinski definition) is 4. The van der Waals surface area contributed by atoms with E-state index in [1.54, 1.807) is 18.5 Å². The SMILES string of the molecule is Cc1ccccc1NC(=O)c1ccnc(C(=O)NCc2ccncc2)c1. The summed E-state index contributed by atoms with van der Waals surface area (Å²) in [6.07, 6.45) is 4.78. The van der Waals surface area contributed by atoms with Gasteiger partial charge in [-0.3, -0.25) is 19.6 Å². The smallest absolute Gasteiger partial charge is 0.270 e. The first kappa shape index (κ1) is 17.3. The first-order chi connectivity index (χ1) is 12.6. The molecule has 6 heteroatoms. The lowest BCUT2D eigenvalue weighted by Crippen LogP contribution is -2.24. The highest BCUT2D eigenvalue weighted by Crippen LogP contribution is 2.15. The summed E-state index contributed by atoms with van der Waals surface area (Å²) >= 11 is 0. The highest BCUT2D eigenvalue weighted by atomic mass is 16.2. The van der Waals surface area contributed by atoms with Crippen molar-refractivity contribution in [2.75, 3.05) is 5.32 Å². The zero-order valence-electron chi connectivity index (χ0n) is 14.3. The number of para-hydroxylation sites is 1. The normalized spacial score (nSPS) is 10.2. The molecule has 0 bridgehead atoms. The van der Waals surface area contributed by atoms with Gasteiger partial charge in [0.25, 0.3) is 11.8 Å². The third-order valence-electron chi connectivity index (χ3n) is 3.85. The van der Waals surface area contributed by atoms with Crippen LogP contribution in [0.25, 0.3) is 0 Å². The van der Waals surface area contributed by atoms with E-state index in [1.165, 1.54) is 12.3 Å². The van der Waals surface area contributed by atoms with Gasteiger partial charge in [-0.15, -0.1) is 0 Å². The van der Waals surface area contributed by atoms with Gasteiger partial charge in [-0.25, -0.2) is 0 Å². The molecular formula is C20H18N4O2. The Bertz CT molecular complexity index is 926. The summed E-state index contributed by atoms with van der Waals surface area (Å²) in [7, 11) is 0. The number of hydrogen-bond donors (Lipinski definition) is 2. The van der Waals surface area contributed by atoms with Crippen LogP contribution >= 0.6 is 0 Å². The van der Waals surface area contributed by atoms with Crippen molar-refractivity contribution in [2.24, 2.45) is 0 Å². The van der Waals surface area contributed by atoms with Crippen LogP contribution in [0.4, 0.5) is 5.69 Å². The van der Waals surface area contributed by atoms with Gasteiger partial charge in [0.15, 0.2) is 0 Å². The van der Waals surface area contributed by atoms with Gasteiger partial charge >= 0.3 is 0 Å². The lowest BCUT2D eigenvalue weighted by atomic mass is 10.1. The fraction of sp³-hybridized carbons (Fsp3) is 0.100. The molecule has 130 valence electrons. The summed E-state index contributed by atoms with van der Waals surface area (Å²) in [6, 6.07) is 14.2. The second-order valence-electron chi connectivity index (χ2n) is 5.74. The molecule has 2 amide bonds. The van der Waals surface area contributed by atoms with Gasteiger partial charge in [-0.2, -0.15) is 0 Å². The molecule has 6 nitrogen and oxygen atoms in total. The van der Waals surface area contributed by atoms with Crippen LogP contribution in [0.15, 0.2) is 67.1 Å². The molecule has 0 aliphatic heterocycles. The van der Waals surface area contributed by atoms with Crippen LogP contribution in [-0.4, -0.2) is 21.8 Å². The molecule has 0 unspecified atom stereocenters. The molecule has 1 aromatic carbocycles. The molecular weight excluding hydrogens is 328 g/mol. The third kappa shape index (κ3) is 4.30. The van der Waals surface area contributed by atoms with Crippen LogP contribution in [-0.2, 0) is 6.54 Å². The summed E-state index contributed by atoms with van der Waals surface area (Å²) in [5.74, 6) is -0.628. The third-order valence-corrected chi connectivity index (χ3v) is 3.85. The van der Waals surface area contributed by atoms with E-state index in [1.807, 2.05) is 43.3 Å². The minimum Gasteiger partial charge on any atom is -0.347 e. The van der Waals surface area contributed by atoms with Crippen molar-refractivity contribution in [1.82, 2.24) is 15.3 Å². The fourth-order valence-corrected chi connectivity index (χ4v) is 2.38. The van der Waals surface area contributed by atoms with Gasteiger partial charge in [0.05, 0.1) is 0 Å². The average molecular weight is 346 g/mol. The van der Waals surface area contributed by atoms with Gasteiger partial charge < -0.3 is 10.6 Å². The molecule has 0 atom stereocenters. The molecule has 0 fully saturated rings. The standard InChI is InChI=1S/C20H18N4O2/c1-14-4-2-3-5-17(14)24-19(25)16-8-11-22-18(12-16)20(26)23-13-15-6-9-21-10-7-15/h2-12H,13H2,1H3,(H,23,26)(H,24,25). The predicted octanol–water partition coefficient (Wildman–Crippen LogP) is 2.97. The lowest BCUT2D eigenvalue weighted by Gasteiger charge is -2.09. The highest BCUT2D eigenvalue weighted by molar-refractivity contribution is 6.06. The molecule has 0 aliphatic carbocycles. The number of aryl methyl sites for hydroxylation is 1. The van der Waals surface area contributed by atoms with E-state index in [4.69, 9.17) is 0 Å².